The lowest BCUT2D eigenvalue weighted by Crippen LogP contribution is -2.22. The summed E-state index contributed by atoms with van der Waals surface area (Å²) in [5.41, 5.74) is 5.32. The van der Waals surface area contributed by atoms with Crippen LogP contribution in [-0.2, 0) is 17.4 Å². The zero-order valence-electron chi connectivity index (χ0n) is 18.2. The van der Waals surface area contributed by atoms with E-state index in [4.69, 9.17) is 5.73 Å². The van der Waals surface area contributed by atoms with Crippen LogP contribution in [0.5, 0.6) is 5.75 Å². The van der Waals surface area contributed by atoms with E-state index >= 15 is 0 Å². The van der Waals surface area contributed by atoms with Crippen LogP contribution in [0, 0.1) is 0 Å². The Kier molecular flexibility index (Phi) is 9.75. The molecule has 0 saturated carbocycles. The highest BCUT2D eigenvalue weighted by atomic mass is 19.4. The quantitative estimate of drug-likeness (QED) is 0.543. The number of aliphatic hydroxyl groups is 1. The molecule has 3 rings (SSSR count). The number of carbonyl (C=O) groups is 1. The highest BCUT2D eigenvalue weighted by Crippen LogP contribution is 2.30. The van der Waals surface area contributed by atoms with Crippen LogP contribution in [0.4, 0.5) is 26.3 Å². The van der Waals surface area contributed by atoms with Crippen molar-refractivity contribution in [1.82, 2.24) is 4.90 Å². The summed E-state index contributed by atoms with van der Waals surface area (Å²) in [6.45, 7) is 2.90. The second kappa shape index (κ2) is 12.1. The molecule has 0 radical (unpaired) electrons. The van der Waals surface area contributed by atoms with Crippen LogP contribution in [-0.4, -0.2) is 41.9 Å². The van der Waals surface area contributed by atoms with Crippen molar-refractivity contribution in [3.05, 3.63) is 65.2 Å². The molecule has 1 amide bonds. The molecule has 0 bridgehead atoms. The van der Waals surface area contributed by atoms with Gasteiger partial charge in [-0.25, -0.2) is 0 Å². The fourth-order valence-corrected chi connectivity index (χ4v) is 3.38. The number of halogens is 6. The fraction of sp³-hybridized carbons (Fsp3) is 0.435. The maximum atomic E-state index is 12.4. The maximum absolute atomic E-state index is 12.4. The number of hydrogen-bond acceptors (Lipinski definition) is 4. The lowest BCUT2D eigenvalue weighted by Gasteiger charge is -2.18. The summed E-state index contributed by atoms with van der Waals surface area (Å²) in [6, 6.07) is 9.73. The first-order valence-corrected chi connectivity index (χ1v) is 10.5. The van der Waals surface area contributed by atoms with Crippen molar-refractivity contribution in [2.75, 3.05) is 19.6 Å². The number of amides is 1. The third-order valence-electron chi connectivity index (χ3n) is 5.08. The Labute approximate surface area is 193 Å². The molecule has 0 spiro atoms. The van der Waals surface area contributed by atoms with Gasteiger partial charge in [-0.15, -0.1) is 13.2 Å². The van der Waals surface area contributed by atoms with Crippen molar-refractivity contribution in [3.8, 4) is 5.75 Å². The topological polar surface area (TPSA) is 75.8 Å². The van der Waals surface area contributed by atoms with Gasteiger partial charge in [-0.1, -0.05) is 24.3 Å². The summed E-state index contributed by atoms with van der Waals surface area (Å²) in [7, 11) is 0. The number of nitrogens with two attached hydrogens (primary N) is 1. The SMILES string of the molecule is NC(=O)Cc1ccc(OC(F)(F)F)cc1.OC(CCN1CCCC1)c1ccc(C(F)(F)F)cc1. The molecule has 0 aromatic heterocycles. The van der Waals surface area contributed by atoms with Gasteiger partial charge in [-0.05, 0) is 67.7 Å². The van der Waals surface area contributed by atoms with Crippen molar-refractivity contribution in [3.63, 3.8) is 0 Å². The van der Waals surface area contributed by atoms with Gasteiger partial charge in [-0.2, -0.15) is 13.2 Å². The van der Waals surface area contributed by atoms with Crippen molar-refractivity contribution in [2.45, 2.75) is 44.3 Å². The molecule has 188 valence electrons. The van der Waals surface area contributed by atoms with Crippen LogP contribution in [0.15, 0.2) is 48.5 Å². The summed E-state index contributed by atoms with van der Waals surface area (Å²) < 4.78 is 76.1. The summed E-state index contributed by atoms with van der Waals surface area (Å²) in [5, 5.41) is 9.97. The van der Waals surface area contributed by atoms with Crippen molar-refractivity contribution < 1.29 is 41.0 Å². The van der Waals surface area contributed by atoms with E-state index in [1.165, 1.54) is 37.1 Å². The predicted molar refractivity (Wildman–Crippen MR) is 113 cm³/mol. The lowest BCUT2D eigenvalue weighted by molar-refractivity contribution is -0.274. The van der Waals surface area contributed by atoms with Gasteiger partial charge >= 0.3 is 12.5 Å². The third kappa shape index (κ3) is 10.0. The minimum Gasteiger partial charge on any atom is -0.406 e. The first-order valence-electron chi connectivity index (χ1n) is 10.5. The number of carbonyl (C=O) groups excluding carboxylic acids is 1. The second-order valence-electron chi connectivity index (χ2n) is 7.81. The molecule has 11 heteroatoms. The number of primary amides is 1. The van der Waals surface area contributed by atoms with Crippen LogP contribution < -0.4 is 10.5 Å². The van der Waals surface area contributed by atoms with E-state index in [2.05, 4.69) is 9.64 Å². The van der Waals surface area contributed by atoms with Crippen molar-refractivity contribution in [1.29, 1.82) is 0 Å². The number of hydrogen-bond donors (Lipinski definition) is 2. The average Bonchev–Trinajstić information content (AvgIpc) is 3.26. The Hall–Kier alpha value is -2.79. The summed E-state index contributed by atoms with van der Waals surface area (Å²) >= 11 is 0. The molecule has 1 aliphatic heterocycles. The summed E-state index contributed by atoms with van der Waals surface area (Å²) in [6.07, 6.45) is -6.78. The van der Waals surface area contributed by atoms with Gasteiger partial charge in [0.2, 0.25) is 5.91 Å². The number of aliphatic hydroxyl groups excluding tert-OH is 1. The van der Waals surface area contributed by atoms with Gasteiger partial charge in [0.25, 0.3) is 0 Å². The maximum Gasteiger partial charge on any atom is 0.573 e. The van der Waals surface area contributed by atoms with E-state index in [-0.39, 0.29) is 12.2 Å². The molecule has 1 heterocycles. The molecular weight excluding hydrogens is 466 g/mol. The Morgan fingerprint density at radius 3 is 2.00 bits per heavy atom. The van der Waals surface area contributed by atoms with Crippen LogP contribution in [0.3, 0.4) is 0 Å². The molecule has 2 aromatic carbocycles. The average molecular weight is 492 g/mol. The van der Waals surface area contributed by atoms with E-state index < -0.39 is 30.1 Å². The Morgan fingerprint density at radius 2 is 1.53 bits per heavy atom. The van der Waals surface area contributed by atoms with Crippen LogP contribution in [0.2, 0.25) is 0 Å². The van der Waals surface area contributed by atoms with Gasteiger partial charge < -0.3 is 20.5 Å². The molecule has 1 fully saturated rings. The number of nitrogens with zero attached hydrogens (tertiary/aromatic N) is 1. The number of likely N-dealkylation sites (tertiary alicyclic amines) is 1. The fourth-order valence-electron chi connectivity index (χ4n) is 3.38. The minimum atomic E-state index is -4.70. The smallest absolute Gasteiger partial charge is 0.406 e. The van der Waals surface area contributed by atoms with E-state index in [0.29, 0.717) is 17.5 Å². The van der Waals surface area contributed by atoms with Gasteiger partial charge in [0.15, 0.2) is 0 Å². The second-order valence-corrected chi connectivity index (χ2v) is 7.81. The molecular formula is C23H26F6N2O3. The lowest BCUT2D eigenvalue weighted by atomic mass is 10.0. The number of alkyl halides is 6. The standard InChI is InChI=1S/C14H18F3NO.C9H8F3NO2/c15-14(16,17)12-5-3-11(4-6-12)13(19)7-10-18-8-1-2-9-18;10-9(11,12)15-7-3-1-6(2-4-7)5-8(13)14/h3-6,13,19H,1-2,7-10H2;1-4H,5H2,(H2,13,14). The molecule has 1 unspecified atom stereocenters. The van der Waals surface area contributed by atoms with Crippen molar-refractivity contribution >= 4 is 5.91 Å². The molecule has 1 aliphatic rings. The van der Waals surface area contributed by atoms with E-state index in [9.17, 15) is 36.2 Å². The van der Waals surface area contributed by atoms with Gasteiger partial charge in [0.05, 0.1) is 18.1 Å². The first-order chi connectivity index (χ1) is 15.8. The molecule has 1 atom stereocenters. The number of rotatable bonds is 7. The van der Waals surface area contributed by atoms with Crippen LogP contribution in [0.1, 0.15) is 42.1 Å². The van der Waals surface area contributed by atoms with E-state index in [0.717, 1.165) is 43.9 Å². The Balaban J connectivity index is 0.000000248. The molecule has 2 aromatic rings. The van der Waals surface area contributed by atoms with Gasteiger partial charge in [-0.3, -0.25) is 4.79 Å². The largest absolute Gasteiger partial charge is 0.573 e. The molecule has 5 nitrogen and oxygen atoms in total. The minimum absolute atomic E-state index is 0.00764. The highest BCUT2D eigenvalue weighted by molar-refractivity contribution is 5.76. The number of benzene rings is 2. The zero-order valence-corrected chi connectivity index (χ0v) is 18.2. The molecule has 0 aliphatic carbocycles. The number of ether oxygens (including phenoxy) is 1. The Bertz CT molecular complexity index is 893. The van der Waals surface area contributed by atoms with Crippen LogP contribution in [0.25, 0.3) is 0 Å². The van der Waals surface area contributed by atoms with Gasteiger partial charge in [0.1, 0.15) is 5.75 Å². The summed E-state index contributed by atoms with van der Waals surface area (Å²) in [4.78, 5) is 12.8. The Morgan fingerprint density at radius 1 is 0.971 bits per heavy atom. The monoisotopic (exact) mass is 492 g/mol. The van der Waals surface area contributed by atoms with E-state index in [1.807, 2.05) is 0 Å². The summed E-state index contributed by atoms with van der Waals surface area (Å²) in [5.74, 6) is -0.866. The zero-order chi connectivity index (χ0) is 25.4. The highest BCUT2D eigenvalue weighted by Gasteiger charge is 2.31. The molecule has 1 saturated heterocycles. The molecule has 3 N–H and O–H groups in total. The normalized spacial score (nSPS) is 15.4. The van der Waals surface area contributed by atoms with Crippen molar-refractivity contribution in [2.24, 2.45) is 5.73 Å². The van der Waals surface area contributed by atoms with Gasteiger partial charge in [0, 0.05) is 6.54 Å². The first kappa shape index (κ1) is 27.5. The predicted octanol–water partition coefficient (Wildman–Crippen LogP) is 4.84. The molecule has 34 heavy (non-hydrogen) atoms. The third-order valence-corrected chi connectivity index (χ3v) is 5.08. The van der Waals surface area contributed by atoms with E-state index in [1.54, 1.807) is 0 Å². The van der Waals surface area contributed by atoms with Crippen LogP contribution >= 0.6 is 0 Å².